The lowest BCUT2D eigenvalue weighted by atomic mass is 10.2. The van der Waals surface area contributed by atoms with Crippen molar-refractivity contribution in [3.8, 4) is 0 Å². The van der Waals surface area contributed by atoms with Crippen molar-refractivity contribution in [3.63, 3.8) is 0 Å². The summed E-state index contributed by atoms with van der Waals surface area (Å²) < 4.78 is 38.7. The Balaban J connectivity index is 1.74. The van der Waals surface area contributed by atoms with Gasteiger partial charge in [0.15, 0.2) is 11.6 Å². The summed E-state index contributed by atoms with van der Waals surface area (Å²) in [4.78, 5) is 25.3. The molecule has 2 aromatic carbocycles. The maximum absolute atomic E-state index is 13.1. The van der Waals surface area contributed by atoms with Crippen LogP contribution in [0.25, 0.3) is 0 Å². The van der Waals surface area contributed by atoms with Gasteiger partial charge in [-0.3, -0.25) is 14.5 Å². The molecule has 0 saturated heterocycles. The van der Waals surface area contributed by atoms with Crippen LogP contribution in [-0.2, 0) is 16.1 Å². The molecule has 0 aliphatic rings. The first-order valence-electron chi connectivity index (χ1n) is 7.78. The van der Waals surface area contributed by atoms with Gasteiger partial charge in [0.2, 0.25) is 11.8 Å². The minimum atomic E-state index is -1.07. The summed E-state index contributed by atoms with van der Waals surface area (Å²) in [6, 6.07) is 8.89. The third kappa shape index (κ3) is 6.21. The third-order valence-corrected chi connectivity index (χ3v) is 3.43. The van der Waals surface area contributed by atoms with Crippen LogP contribution in [0.4, 0.5) is 18.9 Å². The molecule has 0 fully saturated rings. The molecule has 0 bridgehead atoms. The van der Waals surface area contributed by atoms with Gasteiger partial charge in [-0.15, -0.1) is 0 Å². The highest BCUT2D eigenvalue weighted by Gasteiger charge is 2.10. The second kappa shape index (κ2) is 9.00. The van der Waals surface area contributed by atoms with Crippen LogP contribution in [0, 0.1) is 17.5 Å². The van der Waals surface area contributed by atoms with E-state index in [9.17, 15) is 22.8 Å². The highest BCUT2D eigenvalue weighted by atomic mass is 19.2. The molecule has 26 heavy (non-hydrogen) atoms. The predicted octanol–water partition coefficient (Wildman–Crippen LogP) is 2.29. The topological polar surface area (TPSA) is 61.4 Å². The van der Waals surface area contributed by atoms with E-state index in [4.69, 9.17) is 0 Å². The SMILES string of the molecule is CN(CC(=O)NCC(=O)Nc1ccc(F)c(F)c1)Cc1ccc(F)cc1. The Bertz CT molecular complexity index is 782. The maximum atomic E-state index is 13.1. The van der Waals surface area contributed by atoms with Gasteiger partial charge in [-0.2, -0.15) is 0 Å². The number of likely N-dealkylation sites (N-methyl/N-ethyl adjacent to an activating group) is 1. The Labute approximate surface area is 148 Å². The van der Waals surface area contributed by atoms with Crippen molar-refractivity contribution < 1.29 is 22.8 Å². The second-order valence-electron chi connectivity index (χ2n) is 5.75. The molecule has 2 N–H and O–H groups in total. The highest BCUT2D eigenvalue weighted by molar-refractivity contribution is 5.94. The van der Waals surface area contributed by atoms with Gasteiger partial charge < -0.3 is 10.6 Å². The van der Waals surface area contributed by atoms with E-state index in [0.717, 1.165) is 17.7 Å². The molecule has 0 radical (unpaired) electrons. The van der Waals surface area contributed by atoms with Crippen molar-refractivity contribution >= 4 is 17.5 Å². The van der Waals surface area contributed by atoms with Crippen molar-refractivity contribution in [2.24, 2.45) is 0 Å². The fourth-order valence-electron chi connectivity index (χ4n) is 2.22. The van der Waals surface area contributed by atoms with E-state index in [2.05, 4.69) is 10.6 Å². The fraction of sp³-hybridized carbons (Fsp3) is 0.222. The Morgan fingerprint density at radius 2 is 1.65 bits per heavy atom. The molecule has 2 amide bonds. The second-order valence-corrected chi connectivity index (χ2v) is 5.75. The zero-order chi connectivity index (χ0) is 19.1. The lowest BCUT2D eigenvalue weighted by Gasteiger charge is -2.16. The van der Waals surface area contributed by atoms with Gasteiger partial charge in [0, 0.05) is 18.3 Å². The summed E-state index contributed by atoms with van der Waals surface area (Å²) in [5.74, 6) is -3.36. The highest BCUT2D eigenvalue weighted by Crippen LogP contribution is 2.12. The summed E-state index contributed by atoms with van der Waals surface area (Å²) >= 11 is 0. The number of hydrogen-bond donors (Lipinski definition) is 2. The van der Waals surface area contributed by atoms with Crippen LogP contribution >= 0.6 is 0 Å². The molecular formula is C18H18F3N3O2. The standard InChI is InChI=1S/C18H18F3N3O2/c1-24(10-12-2-4-13(19)5-3-12)11-18(26)22-9-17(25)23-14-6-7-15(20)16(21)8-14/h2-8H,9-11H2,1H3,(H,22,26)(H,23,25). The molecule has 138 valence electrons. The summed E-state index contributed by atoms with van der Waals surface area (Å²) in [5, 5.41) is 4.79. The third-order valence-electron chi connectivity index (χ3n) is 3.43. The van der Waals surface area contributed by atoms with Crippen molar-refractivity contribution in [2.75, 3.05) is 25.5 Å². The first-order chi connectivity index (χ1) is 12.3. The van der Waals surface area contributed by atoms with E-state index in [-0.39, 0.29) is 30.5 Å². The quantitative estimate of drug-likeness (QED) is 0.792. The summed E-state index contributed by atoms with van der Waals surface area (Å²) in [7, 11) is 1.71. The molecular weight excluding hydrogens is 347 g/mol. The van der Waals surface area contributed by atoms with Crippen LogP contribution in [-0.4, -0.2) is 36.9 Å². The zero-order valence-electron chi connectivity index (χ0n) is 14.1. The minimum Gasteiger partial charge on any atom is -0.346 e. The molecule has 0 heterocycles. The smallest absolute Gasteiger partial charge is 0.243 e. The van der Waals surface area contributed by atoms with Gasteiger partial charge >= 0.3 is 0 Å². The van der Waals surface area contributed by atoms with Crippen LogP contribution in [0.5, 0.6) is 0 Å². The van der Waals surface area contributed by atoms with Crippen molar-refractivity contribution in [1.82, 2.24) is 10.2 Å². The minimum absolute atomic E-state index is 0.0375. The first-order valence-corrected chi connectivity index (χ1v) is 7.78. The Kier molecular flexibility index (Phi) is 6.74. The van der Waals surface area contributed by atoms with Gasteiger partial charge in [-0.25, -0.2) is 13.2 Å². The molecule has 5 nitrogen and oxygen atoms in total. The number of carbonyl (C=O) groups excluding carboxylic acids is 2. The normalized spacial score (nSPS) is 10.7. The van der Waals surface area contributed by atoms with Crippen LogP contribution in [0.1, 0.15) is 5.56 Å². The number of amides is 2. The summed E-state index contributed by atoms with van der Waals surface area (Å²) in [6.45, 7) is 0.173. The van der Waals surface area contributed by atoms with Gasteiger partial charge in [-0.1, -0.05) is 12.1 Å². The number of benzene rings is 2. The summed E-state index contributed by atoms with van der Waals surface area (Å²) in [5.41, 5.74) is 0.939. The van der Waals surface area contributed by atoms with Crippen LogP contribution in [0.2, 0.25) is 0 Å². The lowest BCUT2D eigenvalue weighted by Crippen LogP contribution is -2.39. The number of anilines is 1. The fourth-order valence-corrected chi connectivity index (χ4v) is 2.22. The van der Waals surface area contributed by atoms with Gasteiger partial charge in [-0.05, 0) is 36.9 Å². The van der Waals surface area contributed by atoms with E-state index >= 15 is 0 Å². The largest absolute Gasteiger partial charge is 0.346 e. The predicted molar refractivity (Wildman–Crippen MR) is 90.7 cm³/mol. The summed E-state index contributed by atoms with van der Waals surface area (Å²) in [6.07, 6.45) is 0. The van der Waals surface area contributed by atoms with E-state index in [1.165, 1.54) is 18.2 Å². The Hall–Kier alpha value is -2.87. The molecule has 0 unspecified atom stereocenters. The van der Waals surface area contributed by atoms with E-state index in [1.807, 2.05) is 0 Å². The van der Waals surface area contributed by atoms with E-state index < -0.39 is 17.5 Å². The number of carbonyl (C=O) groups is 2. The van der Waals surface area contributed by atoms with Crippen molar-refractivity contribution in [3.05, 3.63) is 65.5 Å². The molecule has 0 atom stereocenters. The number of rotatable bonds is 7. The van der Waals surface area contributed by atoms with Gasteiger partial charge in [0.25, 0.3) is 0 Å². The average molecular weight is 365 g/mol. The van der Waals surface area contributed by atoms with Crippen LogP contribution in [0.3, 0.4) is 0 Å². The molecule has 0 saturated carbocycles. The number of nitrogens with one attached hydrogen (secondary N) is 2. The molecule has 2 rings (SSSR count). The lowest BCUT2D eigenvalue weighted by molar-refractivity contribution is -0.124. The van der Waals surface area contributed by atoms with E-state index in [1.54, 1.807) is 24.1 Å². The molecule has 8 heteroatoms. The molecule has 0 aliphatic heterocycles. The van der Waals surface area contributed by atoms with Crippen molar-refractivity contribution in [2.45, 2.75) is 6.54 Å². The Morgan fingerprint density at radius 3 is 2.31 bits per heavy atom. The first kappa shape index (κ1) is 19.5. The van der Waals surface area contributed by atoms with E-state index in [0.29, 0.717) is 6.54 Å². The molecule has 0 aromatic heterocycles. The zero-order valence-corrected chi connectivity index (χ0v) is 14.1. The van der Waals surface area contributed by atoms with Crippen LogP contribution in [0.15, 0.2) is 42.5 Å². The Morgan fingerprint density at radius 1 is 0.962 bits per heavy atom. The number of halogens is 3. The molecule has 0 spiro atoms. The average Bonchev–Trinajstić information content (AvgIpc) is 2.58. The van der Waals surface area contributed by atoms with Gasteiger partial charge in [0.1, 0.15) is 5.82 Å². The van der Waals surface area contributed by atoms with Crippen LogP contribution < -0.4 is 10.6 Å². The van der Waals surface area contributed by atoms with Gasteiger partial charge in [0.05, 0.1) is 13.1 Å². The van der Waals surface area contributed by atoms with Crippen molar-refractivity contribution in [1.29, 1.82) is 0 Å². The maximum Gasteiger partial charge on any atom is 0.243 e. The molecule has 0 aliphatic carbocycles. The number of nitrogens with zero attached hydrogens (tertiary/aromatic N) is 1. The monoisotopic (exact) mass is 365 g/mol. The molecule has 2 aromatic rings. The number of hydrogen-bond acceptors (Lipinski definition) is 3.